The van der Waals surface area contributed by atoms with Gasteiger partial charge in [-0.05, 0) is 19.1 Å². The zero-order chi connectivity index (χ0) is 15.8. The molecule has 0 aliphatic heterocycles. The molecule has 3 N–H and O–H groups in total. The van der Waals surface area contributed by atoms with E-state index in [1.807, 2.05) is 19.1 Å². The maximum Gasteiger partial charge on any atom is 0.322 e. The number of rotatable bonds is 6. The molecule has 7 nitrogen and oxygen atoms in total. The number of likely N-dealkylation sites (N-methyl/N-ethyl adjacent to an activating group) is 1. The van der Waals surface area contributed by atoms with Gasteiger partial charge in [0.2, 0.25) is 5.91 Å². The van der Waals surface area contributed by atoms with Crippen LogP contribution in [0.1, 0.15) is 12.0 Å². The third-order valence-electron chi connectivity index (χ3n) is 2.82. The summed E-state index contributed by atoms with van der Waals surface area (Å²) in [6.45, 7) is 1.78. The molecular formula is C14H19N3O4. The minimum atomic E-state index is -0.994. The first-order chi connectivity index (χ1) is 9.93. The Kier molecular flexibility index (Phi) is 6.19. The number of amides is 3. The Hall–Kier alpha value is -2.57. The Morgan fingerprint density at radius 2 is 1.81 bits per heavy atom. The van der Waals surface area contributed by atoms with Gasteiger partial charge in [0.1, 0.15) is 0 Å². The lowest BCUT2D eigenvalue weighted by Crippen LogP contribution is -2.44. The van der Waals surface area contributed by atoms with E-state index in [0.717, 1.165) is 5.56 Å². The molecule has 0 aromatic heterocycles. The van der Waals surface area contributed by atoms with Crippen LogP contribution in [-0.2, 0) is 9.59 Å². The van der Waals surface area contributed by atoms with Gasteiger partial charge in [0, 0.05) is 19.3 Å². The number of carbonyl (C=O) groups excluding carboxylic acids is 2. The van der Waals surface area contributed by atoms with E-state index in [2.05, 4.69) is 10.6 Å². The van der Waals surface area contributed by atoms with Crippen LogP contribution >= 0.6 is 0 Å². The highest BCUT2D eigenvalue weighted by molar-refractivity contribution is 5.94. The predicted octanol–water partition coefficient (Wildman–Crippen LogP) is 0.732. The van der Waals surface area contributed by atoms with Gasteiger partial charge in [0.15, 0.2) is 0 Å². The van der Waals surface area contributed by atoms with Crippen LogP contribution < -0.4 is 15.5 Å². The number of aryl methyl sites for hydroxylation is 1. The molecule has 0 saturated heterocycles. The van der Waals surface area contributed by atoms with Crippen molar-refractivity contribution in [1.29, 1.82) is 0 Å². The quantitative estimate of drug-likeness (QED) is 0.720. The van der Waals surface area contributed by atoms with E-state index >= 15 is 0 Å². The van der Waals surface area contributed by atoms with Crippen molar-refractivity contribution < 1.29 is 19.5 Å². The van der Waals surface area contributed by atoms with Gasteiger partial charge in [-0.15, -0.1) is 0 Å². The topological polar surface area (TPSA) is 98.7 Å². The van der Waals surface area contributed by atoms with E-state index in [-0.39, 0.29) is 25.4 Å². The molecule has 1 aromatic rings. The van der Waals surface area contributed by atoms with Gasteiger partial charge in [0.05, 0.1) is 13.0 Å². The number of aliphatic carboxylic acids is 1. The van der Waals surface area contributed by atoms with Gasteiger partial charge in [-0.1, -0.05) is 17.7 Å². The fraction of sp³-hybridized carbons (Fsp3) is 0.357. The van der Waals surface area contributed by atoms with Crippen molar-refractivity contribution in [2.45, 2.75) is 13.3 Å². The summed E-state index contributed by atoms with van der Waals surface area (Å²) in [5, 5.41) is 13.6. The molecule has 0 saturated carbocycles. The van der Waals surface area contributed by atoms with Crippen LogP contribution in [0.15, 0.2) is 24.3 Å². The van der Waals surface area contributed by atoms with E-state index in [0.29, 0.717) is 5.69 Å². The number of nitrogens with one attached hydrogen (secondary N) is 2. The monoisotopic (exact) mass is 293 g/mol. The number of carbonyl (C=O) groups is 3. The largest absolute Gasteiger partial charge is 0.481 e. The van der Waals surface area contributed by atoms with Crippen molar-refractivity contribution in [2.24, 2.45) is 0 Å². The highest BCUT2D eigenvalue weighted by atomic mass is 16.4. The number of carboxylic acid groups (broad SMARTS) is 1. The minimum absolute atomic E-state index is 0.0258. The molecule has 0 spiro atoms. The molecule has 0 aliphatic rings. The van der Waals surface area contributed by atoms with Gasteiger partial charge < -0.3 is 15.7 Å². The zero-order valence-corrected chi connectivity index (χ0v) is 12.0. The van der Waals surface area contributed by atoms with E-state index in [1.54, 1.807) is 12.1 Å². The van der Waals surface area contributed by atoms with Crippen molar-refractivity contribution >= 4 is 23.6 Å². The molecule has 7 heteroatoms. The van der Waals surface area contributed by atoms with Crippen molar-refractivity contribution in [3.63, 3.8) is 0 Å². The summed E-state index contributed by atoms with van der Waals surface area (Å²) in [6, 6.07) is 6.61. The lowest BCUT2D eigenvalue weighted by Gasteiger charge is -2.22. The minimum Gasteiger partial charge on any atom is -0.481 e. The summed E-state index contributed by atoms with van der Waals surface area (Å²) in [6.07, 6.45) is -0.179. The molecule has 0 atom stereocenters. The Balaban J connectivity index is 2.80. The van der Waals surface area contributed by atoms with Crippen LogP contribution in [-0.4, -0.2) is 43.2 Å². The molecule has 0 fully saturated rings. The van der Waals surface area contributed by atoms with Crippen LogP contribution in [0.25, 0.3) is 0 Å². The smallest absolute Gasteiger partial charge is 0.322 e. The number of hydrogen-bond donors (Lipinski definition) is 3. The van der Waals surface area contributed by atoms with Crippen LogP contribution in [0.2, 0.25) is 0 Å². The summed E-state index contributed by atoms with van der Waals surface area (Å²) >= 11 is 0. The Morgan fingerprint density at radius 3 is 2.33 bits per heavy atom. The fourth-order valence-corrected chi connectivity index (χ4v) is 1.62. The number of urea groups is 1. The van der Waals surface area contributed by atoms with Crippen molar-refractivity contribution in [2.75, 3.05) is 25.0 Å². The number of anilines is 1. The van der Waals surface area contributed by atoms with Gasteiger partial charge in [0.25, 0.3) is 0 Å². The fourth-order valence-electron chi connectivity index (χ4n) is 1.62. The van der Waals surface area contributed by atoms with Crippen LogP contribution in [0, 0.1) is 6.92 Å². The van der Waals surface area contributed by atoms with Gasteiger partial charge in [-0.2, -0.15) is 0 Å². The van der Waals surface area contributed by atoms with Gasteiger partial charge in [-0.25, -0.2) is 4.79 Å². The molecule has 0 unspecified atom stereocenters. The Morgan fingerprint density at radius 1 is 1.19 bits per heavy atom. The number of benzene rings is 1. The average molecular weight is 293 g/mol. The maximum atomic E-state index is 12.1. The van der Waals surface area contributed by atoms with Crippen molar-refractivity contribution in [3.8, 4) is 0 Å². The zero-order valence-electron chi connectivity index (χ0n) is 12.0. The predicted molar refractivity (Wildman–Crippen MR) is 78.2 cm³/mol. The molecule has 0 radical (unpaired) electrons. The number of hydrogen-bond acceptors (Lipinski definition) is 3. The van der Waals surface area contributed by atoms with Gasteiger partial charge >= 0.3 is 12.0 Å². The van der Waals surface area contributed by atoms with E-state index in [9.17, 15) is 14.4 Å². The standard InChI is InChI=1S/C14H19N3O4/c1-10-3-5-11(6-4-10)17(8-7-13(19)20)14(21)16-9-12(18)15-2/h3-6H,7-9H2,1-2H3,(H,15,18)(H,16,21)(H,19,20). The first kappa shape index (κ1) is 16.5. The lowest BCUT2D eigenvalue weighted by molar-refractivity contribution is -0.136. The molecule has 0 bridgehead atoms. The third kappa shape index (κ3) is 5.52. The summed E-state index contributed by atoms with van der Waals surface area (Å²) in [5.41, 5.74) is 1.61. The third-order valence-corrected chi connectivity index (χ3v) is 2.82. The first-order valence-electron chi connectivity index (χ1n) is 6.48. The molecule has 21 heavy (non-hydrogen) atoms. The van der Waals surface area contributed by atoms with E-state index < -0.39 is 12.0 Å². The van der Waals surface area contributed by atoms with Crippen LogP contribution in [0.5, 0.6) is 0 Å². The lowest BCUT2D eigenvalue weighted by atomic mass is 10.2. The summed E-state index contributed by atoms with van der Waals surface area (Å²) in [7, 11) is 1.47. The second kappa shape index (κ2) is 7.88. The molecule has 1 aromatic carbocycles. The molecule has 1 rings (SSSR count). The molecule has 3 amide bonds. The highest BCUT2D eigenvalue weighted by Gasteiger charge is 2.17. The maximum absolute atomic E-state index is 12.1. The SMILES string of the molecule is CNC(=O)CNC(=O)N(CCC(=O)O)c1ccc(C)cc1. The van der Waals surface area contributed by atoms with Crippen LogP contribution in [0.3, 0.4) is 0 Å². The highest BCUT2D eigenvalue weighted by Crippen LogP contribution is 2.15. The Bertz CT molecular complexity index is 513. The van der Waals surface area contributed by atoms with Gasteiger partial charge in [-0.3, -0.25) is 14.5 Å². The first-order valence-corrected chi connectivity index (χ1v) is 6.48. The average Bonchev–Trinajstić information content (AvgIpc) is 2.46. The second-order valence-corrected chi connectivity index (χ2v) is 4.46. The molecule has 0 aliphatic carbocycles. The summed E-state index contributed by atoms with van der Waals surface area (Å²) in [5.74, 6) is -1.32. The molecular weight excluding hydrogens is 274 g/mol. The normalized spacial score (nSPS) is 9.81. The van der Waals surface area contributed by atoms with Crippen LogP contribution in [0.4, 0.5) is 10.5 Å². The number of nitrogens with zero attached hydrogens (tertiary/aromatic N) is 1. The Labute approximate surface area is 122 Å². The van der Waals surface area contributed by atoms with Crippen molar-refractivity contribution in [3.05, 3.63) is 29.8 Å². The molecule has 0 heterocycles. The van der Waals surface area contributed by atoms with E-state index in [4.69, 9.17) is 5.11 Å². The van der Waals surface area contributed by atoms with E-state index in [1.165, 1.54) is 11.9 Å². The molecule has 114 valence electrons. The summed E-state index contributed by atoms with van der Waals surface area (Å²) < 4.78 is 0. The number of carboxylic acids is 1. The summed E-state index contributed by atoms with van der Waals surface area (Å²) in [4.78, 5) is 35.3. The second-order valence-electron chi connectivity index (χ2n) is 4.46. The van der Waals surface area contributed by atoms with Crippen molar-refractivity contribution in [1.82, 2.24) is 10.6 Å².